The van der Waals surface area contributed by atoms with Crippen molar-refractivity contribution < 1.29 is 9.59 Å². The van der Waals surface area contributed by atoms with Crippen molar-refractivity contribution in [3.05, 3.63) is 35.2 Å². The summed E-state index contributed by atoms with van der Waals surface area (Å²) in [5.41, 5.74) is 7.74. The van der Waals surface area contributed by atoms with E-state index in [1.807, 2.05) is 24.8 Å². The van der Waals surface area contributed by atoms with E-state index in [9.17, 15) is 9.59 Å². The third-order valence-electron chi connectivity index (χ3n) is 4.15. The molecule has 1 aliphatic rings. The molecule has 3 heterocycles. The van der Waals surface area contributed by atoms with Crippen LogP contribution in [0.5, 0.6) is 0 Å². The molecule has 0 saturated carbocycles. The molecule has 8 nitrogen and oxygen atoms in total. The predicted octanol–water partition coefficient (Wildman–Crippen LogP) is 0.799. The normalized spacial score (nSPS) is 18.2. The average Bonchev–Trinajstić information content (AvgIpc) is 3.13. The van der Waals surface area contributed by atoms with Crippen LogP contribution in [0.3, 0.4) is 0 Å². The quantitative estimate of drug-likeness (QED) is 0.872. The first-order valence-electron chi connectivity index (χ1n) is 7.62. The van der Waals surface area contributed by atoms with Crippen molar-refractivity contribution in [1.82, 2.24) is 24.6 Å². The first-order valence-corrected chi connectivity index (χ1v) is 7.62. The number of aryl methyl sites for hydroxylation is 2. The maximum absolute atomic E-state index is 12.7. The van der Waals surface area contributed by atoms with E-state index in [0.29, 0.717) is 18.8 Å². The van der Waals surface area contributed by atoms with Gasteiger partial charge in [-0.15, -0.1) is 5.10 Å². The molecule has 3 N–H and O–H groups in total. The van der Waals surface area contributed by atoms with Gasteiger partial charge < -0.3 is 15.6 Å². The van der Waals surface area contributed by atoms with Crippen LogP contribution in [0.15, 0.2) is 12.4 Å². The van der Waals surface area contributed by atoms with E-state index < -0.39 is 5.91 Å². The minimum absolute atomic E-state index is 0.00397. The molecule has 0 radical (unpaired) electrons. The molecular weight excluding hydrogens is 296 g/mol. The van der Waals surface area contributed by atoms with Gasteiger partial charge in [0.05, 0.1) is 6.04 Å². The molecule has 2 amide bonds. The highest BCUT2D eigenvalue weighted by Crippen LogP contribution is 2.23. The number of carbonyl (C=O) groups excluding carboxylic acids is 2. The van der Waals surface area contributed by atoms with Gasteiger partial charge in [0.2, 0.25) is 5.82 Å². The number of nitrogens with two attached hydrogens (primary N) is 1. The van der Waals surface area contributed by atoms with Gasteiger partial charge in [-0.3, -0.25) is 9.59 Å². The van der Waals surface area contributed by atoms with Crippen LogP contribution in [0.25, 0.3) is 0 Å². The number of hydrogen-bond donors (Lipinski definition) is 2. The maximum Gasteiger partial charge on any atom is 0.288 e. The molecule has 2 aromatic rings. The van der Waals surface area contributed by atoms with Crippen molar-refractivity contribution in [2.75, 3.05) is 13.1 Å². The lowest BCUT2D eigenvalue weighted by molar-refractivity contribution is 0.0665. The van der Waals surface area contributed by atoms with Gasteiger partial charge in [0.1, 0.15) is 12.0 Å². The SMILES string of the molecule is Cc1cc(C)c(C(=O)N2CCCC(n3cnc(C(N)=O)n3)C2)[nH]1. The average molecular weight is 316 g/mol. The van der Waals surface area contributed by atoms with Gasteiger partial charge in [0.15, 0.2) is 0 Å². The highest BCUT2D eigenvalue weighted by Gasteiger charge is 2.28. The van der Waals surface area contributed by atoms with E-state index in [4.69, 9.17) is 5.73 Å². The second-order valence-electron chi connectivity index (χ2n) is 5.97. The van der Waals surface area contributed by atoms with Crippen LogP contribution in [0.1, 0.15) is 51.2 Å². The van der Waals surface area contributed by atoms with Crippen molar-refractivity contribution in [2.24, 2.45) is 5.73 Å². The Kier molecular flexibility index (Phi) is 3.89. The van der Waals surface area contributed by atoms with E-state index in [1.54, 1.807) is 4.68 Å². The summed E-state index contributed by atoms with van der Waals surface area (Å²) in [5.74, 6) is -0.648. The fourth-order valence-electron chi connectivity index (χ4n) is 3.03. The molecule has 2 aromatic heterocycles. The third-order valence-corrected chi connectivity index (χ3v) is 4.15. The van der Waals surface area contributed by atoms with Crippen LogP contribution in [0.2, 0.25) is 0 Å². The van der Waals surface area contributed by atoms with Crippen molar-refractivity contribution >= 4 is 11.8 Å². The maximum atomic E-state index is 12.7. The molecule has 122 valence electrons. The molecule has 0 aliphatic carbocycles. The van der Waals surface area contributed by atoms with Gasteiger partial charge in [0, 0.05) is 18.8 Å². The van der Waals surface area contributed by atoms with Crippen LogP contribution >= 0.6 is 0 Å². The standard InChI is InChI=1S/C15H20N6O2/c1-9-6-10(2)18-12(9)15(23)20-5-3-4-11(7-20)21-8-17-14(19-21)13(16)22/h6,8,11,18H,3-5,7H2,1-2H3,(H2,16,22). The zero-order valence-corrected chi connectivity index (χ0v) is 13.2. The summed E-state index contributed by atoms with van der Waals surface area (Å²) < 4.78 is 1.63. The van der Waals surface area contributed by atoms with Crippen LogP contribution < -0.4 is 5.73 Å². The number of H-pyrrole nitrogens is 1. The number of piperidine rings is 1. The summed E-state index contributed by atoms with van der Waals surface area (Å²) in [4.78, 5) is 32.7. The molecule has 0 aromatic carbocycles. The minimum Gasteiger partial charge on any atom is -0.363 e. The largest absolute Gasteiger partial charge is 0.363 e. The number of likely N-dealkylation sites (tertiary alicyclic amines) is 1. The number of rotatable bonds is 3. The molecule has 1 aliphatic heterocycles. The van der Waals surface area contributed by atoms with E-state index >= 15 is 0 Å². The van der Waals surface area contributed by atoms with Gasteiger partial charge in [-0.1, -0.05) is 0 Å². The molecule has 1 atom stereocenters. The van der Waals surface area contributed by atoms with E-state index in [-0.39, 0.29) is 17.8 Å². The first kappa shape index (κ1) is 15.3. The van der Waals surface area contributed by atoms with Crippen LogP contribution in [-0.4, -0.2) is 49.6 Å². The Morgan fingerprint density at radius 3 is 2.78 bits per heavy atom. The molecule has 0 spiro atoms. The Bertz CT molecular complexity index is 747. The Morgan fingerprint density at radius 1 is 1.39 bits per heavy atom. The molecular formula is C15H20N6O2. The van der Waals surface area contributed by atoms with E-state index in [2.05, 4.69) is 15.1 Å². The molecule has 1 fully saturated rings. The number of hydrogen-bond acceptors (Lipinski definition) is 4. The highest BCUT2D eigenvalue weighted by atomic mass is 16.2. The lowest BCUT2D eigenvalue weighted by atomic mass is 10.1. The number of amides is 2. The summed E-state index contributed by atoms with van der Waals surface area (Å²) in [6.07, 6.45) is 3.26. The van der Waals surface area contributed by atoms with E-state index in [1.165, 1.54) is 6.33 Å². The summed E-state index contributed by atoms with van der Waals surface area (Å²) >= 11 is 0. The first-order chi connectivity index (χ1) is 11.0. The Balaban J connectivity index is 1.76. The molecule has 8 heteroatoms. The summed E-state index contributed by atoms with van der Waals surface area (Å²) in [6, 6.07) is 1.97. The lowest BCUT2D eigenvalue weighted by Gasteiger charge is -2.32. The number of aromatic amines is 1. The predicted molar refractivity (Wildman–Crippen MR) is 83.0 cm³/mol. The molecule has 23 heavy (non-hydrogen) atoms. The third kappa shape index (κ3) is 2.96. The number of nitrogens with zero attached hydrogens (tertiary/aromatic N) is 4. The fraction of sp³-hybridized carbons (Fsp3) is 0.467. The second kappa shape index (κ2) is 5.86. The zero-order valence-electron chi connectivity index (χ0n) is 13.2. The minimum atomic E-state index is -0.648. The number of aromatic nitrogens is 4. The van der Waals surface area contributed by atoms with Crippen LogP contribution in [0, 0.1) is 13.8 Å². The monoisotopic (exact) mass is 316 g/mol. The topological polar surface area (TPSA) is 110 Å². The zero-order chi connectivity index (χ0) is 16.6. The fourth-order valence-corrected chi connectivity index (χ4v) is 3.03. The van der Waals surface area contributed by atoms with Crippen LogP contribution in [0.4, 0.5) is 0 Å². The summed E-state index contributed by atoms with van der Waals surface area (Å²) in [6.45, 7) is 5.11. The van der Waals surface area contributed by atoms with Gasteiger partial charge in [-0.25, -0.2) is 9.67 Å². The Hall–Kier alpha value is -2.64. The smallest absolute Gasteiger partial charge is 0.288 e. The second-order valence-corrected chi connectivity index (χ2v) is 5.97. The van der Waals surface area contributed by atoms with Crippen molar-refractivity contribution in [3.63, 3.8) is 0 Å². The van der Waals surface area contributed by atoms with Gasteiger partial charge in [-0.05, 0) is 38.3 Å². The number of primary amides is 1. The van der Waals surface area contributed by atoms with Crippen molar-refractivity contribution in [2.45, 2.75) is 32.7 Å². The molecule has 1 saturated heterocycles. The Labute approximate surface area is 133 Å². The molecule has 0 bridgehead atoms. The number of nitrogens with one attached hydrogen (secondary N) is 1. The Morgan fingerprint density at radius 2 is 2.17 bits per heavy atom. The lowest BCUT2D eigenvalue weighted by Crippen LogP contribution is -2.41. The van der Waals surface area contributed by atoms with Gasteiger partial charge in [-0.2, -0.15) is 0 Å². The number of carbonyl (C=O) groups is 2. The van der Waals surface area contributed by atoms with Gasteiger partial charge >= 0.3 is 0 Å². The summed E-state index contributed by atoms with van der Waals surface area (Å²) in [7, 11) is 0. The summed E-state index contributed by atoms with van der Waals surface area (Å²) in [5, 5.41) is 4.11. The van der Waals surface area contributed by atoms with Crippen molar-refractivity contribution in [3.8, 4) is 0 Å². The van der Waals surface area contributed by atoms with Crippen LogP contribution in [-0.2, 0) is 0 Å². The van der Waals surface area contributed by atoms with Crippen molar-refractivity contribution in [1.29, 1.82) is 0 Å². The van der Waals surface area contributed by atoms with Gasteiger partial charge in [0.25, 0.3) is 11.8 Å². The molecule has 1 unspecified atom stereocenters. The molecule has 3 rings (SSSR count). The van der Waals surface area contributed by atoms with E-state index in [0.717, 1.165) is 24.1 Å². The highest BCUT2D eigenvalue weighted by molar-refractivity contribution is 5.94.